The van der Waals surface area contributed by atoms with E-state index in [0.29, 0.717) is 18.3 Å². The van der Waals surface area contributed by atoms with Crippen molar-refractivity contribution in [2.75, 3.05) is 20.2 Å². The number of fused-ring (bicyclic) bond motifs is 2. The van der Waals surface area contributed by atoms with Crippen LogP contribution in [0.15, 0.2) is 0 Å². The van der Waals surface area contributed by atoms with Crippen molar-refractivity contribution >= 4 is 5.91 Å². The summed E-state index contributed by atoms with van der Waals surface area (Å²) in [5.74, 6) is 1.51. The van der Waals surface area contributed by atoms with Crippen molar-refractivity contribution in [3.8, 4) is 0 Å². The molecule has 3 N–H and O–H groups in total. The Morgan fingerprint density at radius 2 is 2.04 bits per heavy atom. The molecule has 6 nitrogen and oxygen atoms in total. The molecule has 4 rings (SSSR count). The van der Waals surface area contributed by atoms with Crippen LogP contribution in [0, 0.1) is 11.8 Å². The first-order valence-electron chi connectivity index (χ1n) is 9.82. The summed E-state index contributed by atoms with van der Waals surface area (Å²) in [6.07, 6.45) is 8.14. The number of hydrogen-bond acceptors (Lipinski definition) is 4. The minimum absolute atomic E-state index is 0.129. The molecule has 2 heterocycles. The second-order valence-corrected chi connectivity index (χ2v) is 7.93. The highest BCUT2D eigenvalue weighted by Gasteiger charge is 2.40. The molecule has 0 unspecified atom stereocenters. The number of aromatic nitrogens is 2. The Morgan fingerprint density at radius 3 is 2.88 bits per heavy atom. The van der Waals surface area contributed by atoms with Crippen molar-refractivity contribution in [1.82, 2.24) is 20.8 Å². The Balaban J connectivity index is 1.31. The first-order valence-corrected chi connectivity index (χ1v) is 9.82. The average molecular weight is 346 g/mol. The Labute approximate surface area is 149 Å². The predicted molar refractivity (Wildman–Crippen MR) is 95.4 cm³/mol. The van der Waals surface area contributed by atoms with Gasteiger partial charge in [-0.05, 0) is 69.0 Å². The van der Waals surface area contributed by atoms with Crippen LogP contribution in [0.25, 0.3) is 0 Å². The lowest BCUT2D eigenvalue weighted by Crippen LogP contribution is -2.50. The monoisotopic (exact) mass is 346 g/mol. The maximum atomic E-state index is 12.5. The molecule has 0 spiro atoms. The van der Waals surface area contributed by atoms with Crippen LogP contribution >= 0.6 is 0 Å². The molecule has 25 heavy (non-hydrogen) atoms. The van der Waals surface area contributed by atoms with Gasteiger partial charge >= 0.3 is 0 Å². The molecular weight excluding hydrogens is 316 g/mol. The van der Waals surface area contributed by atoms with E-state index in [2.05, 4.69) is 20.8 Å². The van der Waals surface area contributed by atoms with Crippen LogP contribution in [0.3, 0.4) is 0 Å². The lowest BCUT2D eigenvalue weighted by molar-refractivity contribution is -0.123. The third-order valence-corrected chi connectivity index (χ3v) is 6.40. The number of ether oxygens (including phenoxy) is 1. The quantitative estimate of drug-likeness (QED) is 0.752. The van der Waals surface area contributed by atoms with E-state index in [4.69, 9.17) is 4.74 Å². The van der Waals surface area contributed by atoms with Crippen molar-refractivity contribution in [3.05, 3.63) is 17.0 Å². The molecule has 1 aliphatic heterocycles. The zero-order valence-electron chi connectivity index (χ0n) is 15.1. The fourth-order valence-electron chi connectivity index (χ4n) is 4.96. The second-order valence-electron chi connectivity index (χ2n) is 7.93. The minimum atomic E-state index is 0.129. The Kier molecular flexibility index (Phi) is 5.08. The minimum Gasteiger partial charge on any atom is -0.379 e. The maximum absolute atomic E-state index is 12.5. The number of rotatable bonds is 5. The molecule has 1 amide bonds. The van der Waals surface area contributed by atoms with Gasteiger partial charge in [0.05, 0.1) is 17.8 Å². The highest BCUT2D eigenvalue weighted by molar-refractivity contribution is 5.76. The van der Waals surface area contributed by atoms with Gasteiger partial charge in [0.25, 0.3) is 0 Å². The number of aromatic amines is 1. The van der Waals surface area contributed by atoms with Gasteiger partial charge in [0.2, 0.25) is 5.91 Å². The van der Waals surface area contributed by atoms with E-state index < -0.39 is 0 Å². The number of H-pyrrole nitrogens is 1. The second kappa shape index (κ2) is 7.46. The number of methoxy groups -OCH3 is 1. The highest BCUT2D eigenvalue weighted by atomic mass is 16.5. The number of amides is 1. The number of nitrogens with one attached hydrogen (secondary N) is 3. The molecule has 1 saturated heterocycles. The topological polar surface area (TPSA) is 79.0 Å². The largest absolute Gasteiger partial charge is 0.379 e. The third kappa shape index (κ3) is 3.60. The highest BCUT2D eigenvalue weighted by Crippen LogP contribution is 2.34. The lowest BCUT2D eigenvalue weighted by Gasteiger charge is -2.37. The molecule has 2 aliphatic carbocycles. The molecule has 2 fully saturated rings. The molecule has 1 saturated carbocycles. The van der Waals surface area contributed by atoms with Gasteiger partial charge < -0.3 is 15.4 Å². The fraction of sp³-hybridized carbons (Fsp3) is 0.789. The summed E-state index contributed by atoms with van der Waals surface area (Å²) in [6, 6.07) is 0.145. The number of carbonyl (C=O) groups excluding carboxylic acids is 1. The zero-order chi connectivity index (χ0) is 17.2. The van der Waals surface area contributed by atoms with E-state index in [0.717, 1.165) is 50.9 Å². The van der Waals surface area contributed by atoms with Gasteiger partial charge in [-0.1, -0.05) is 0 Å². The SMILES string of the molecule is CO[C@H]1C[C@@H]2CNC[C@@H]2C[C@@H]1NC(=O)CCc1n[nH]c2c1CCCC2. The first kappa shape index (κ1) is 17.0. The van der Waals surface area contributed by atoms with Crippen LogP contribution in [0.4, 0.5) is 0 Å². The van der Waals surface area contributed by atoms with Gasteiger partial charge in [0, 0.05) is 25.6 Å². The summed E-state index contributed by atoms with van der Waals surface area (Å²) < 4.78 is 5.68. The third-order valence-electron chi connectivity index (χ3n) is 6.40. The Hall–Kier alpha value is -1.40. The van der Waals surface area contributed by atoms with E-state index >= 15 is 0 Å². The number of aryl methyl sites for hydroxylation is 2. The normalized spacial score (nSPS) is 31.4. The van der Waals surface area contributed by atoms with Gasteiger partial charge in [0.1, 0.15) is 0 Å². The maximum Gasteiger partial charge on any atom is 0.220 e. The van der Waals surface area contributed by atoms with E-state index in [-0.39, 0.29) is 18.1 Å². The summed E-state index contributed by atoms with van der Waals surface area (Å²) in [4.78, 5) is 12.5. The van der Waals surface area contributed by atoms with Crippen molar-refractivity contribution in [3.63, 3.8) is 0 Å². The van der Waals surface area contributed by atoms with Gasteiger partial charge in [-0.15, -0.1) is 0 Å². The molecule has 0 radical (unpaired) electrons. The zero-order valence-corrected chi connectivity index (χ0v) is 15.1. The molecule has 138 valence electrons. The lowest BCUT2D eigenvalue weighted by atomic mass is 9.77. The molecule has 6 heteroatoms. The summed E-state index contributed by atoms with van der Waals surface area (Å²) in [5.41, 5.74) is 3.75. The molecule has 4 atom stereocenters. The smallest absolute Gasteiger partial charge is 0.220 e. The van der Waals surface area contributed by atoms with Gasteiger partial charge in [-0.3, -0.25) is 9.89 Å². The molecular formula is C19H30N4O2. The van der Waals surface area contributed by atoms with E-state index in [1.165, 1.54) is 24.1 Å². The fourth-order valence-corrected chi connectivity index (χ4v) is 4.96. The summed E-state index contributed by atoms with van der Waals surface area (Å²) >= 11 is 0. The standard InChI is InChI=1S/C19H30N4O2/c1-25-18-9-13-11-20-10-12(13)8-17(18)21-19(24)7-6-16-14-4-2-3-5-15(14)22-23-16/h12-13,17-18,20H,2-11H2,1H3,(H,21,24)(H,22,23)/t12-,13+,17-,18-/m0/s1. The van der Waals surface area contributed by atoms with E-state index in [9.17, 15) is 4.79 Å². The van der Waals surface area contributed by atoms with Crippen LogP contribution in [0.5, 0.6) is 0 Å². The molecule has 1 aromatic heterocycles. The Morgan fingerprint density at radius 1 is 1.24 bits per heavy atom. The van der Waals surface area contributed by atoms with Crippen LogP contribution in [0.1, 0.15) is 49.1 Å². The van der Waals surface area contributed by atoms with Crippen LogP contribution in [0.2, 0.25) is 0 Å². The van der Waals surface area contributed by atoms with Crippen molar-refractivity contribution < 1.29 is 9.53 Å². The average Bonchev–Trinajstić information content (AvgIpc) is 3.25. The van der Waals surface area contributed by atoms with E-state index in [1.54, 1.807) is 7.11 Å². The molecule has 0 aromatic carbocycles. The van der Waals surface area contributed by atoms with Crippen LogP contribution in [-0.2, 0) is 28.8 Å². The molecule has 0 bridgehead atoms. The van der Waals surface area contributed by atoms with Gasteiger partial charge in [-0.2, -0.15) is 5.10 Å². The number of hydrogen-bond donors (Lipinski definition) is 3. The van der Waals surface area contributed by atoms with Crippen LogP contribution < -0.4 is 10.6 Å². The van der Waals surface area contributed by atoms with Crippen molar-refractivity contribution in [1.29, 1.82) is 0 Å². The van der Waals surface area contributed by atoms with Gasteiger partial charge in [0.15, 0.2) is 0 Å². The van der Waals surface area contributed by atoms with E-state index in [1.807, 2.05) is 0 Å². The molecule has 3 aliphatic rings. The van der Waals surface area contributed by atoms with Crippen LogP contribution in [-0.4, -0.2) is 48.4 Å². The van der Waals surface area contributed by atoms with Gasteiger partial charge in [-0.25, -0.2) is 0 Å². The van der Waals surface area contributed by atoms with Crippen molar-refractivity contribution in [2.24, 2.45) is 11.8 Å². The number of carbonyl (C=O) groups is 1. The summed E-state index contributed by atoms with van der Waals surface area (Å²) in [5, 5.41) is 14.3. The Bertz CT molecular complexity index is 615. The predicted octanol–water partition coefficient (Wildman–Crippen LogP) is 1.35. The summed E-state index contributed by atoms with van der Waals surface area (Å²) in [7, 11) is 1.77. The molecule has 1 aromatic rings. The number of nitrogens with zero attached hydrogens (tertiary/aromatic N) is 1. The summed E-state index contributed by atoms with van der Waals surface area (Å²) in [6.45, 7) is 2.17. The first-order chi connectivity index (χ1) is 12.2. The van der Waals surface area contributed by atoms with Crippen molar-refractivity contribution in [2.45, 2.75) is 63.5 Å².